The Balaban J connectivity index is 2.58. The number of nitrogens with two attached hydrogens (primary N) is 1. The molecule has 100 valence electrons. The van der Waals surface area contributed by atoms with Gasteiger partial charge in [0, 0.05) is 7.11 Å². The van der Waals surface area contributed by atoms with Gasteiger partial charge in [0.2, 0.25) is 0 Å². The summed E-state index contributed by atoms with van der Waals surface area (Å²) in [5, 5.41) is 0. The quantitative estimate of drug-likeness (QED) is 0.311. The Morgan fingerprint density at radius 2 is 2.18 bits per heavy atom. The van der Waals surface area contributed by atoms with Crippen LogP contribution in [0.15, 0.2) is 12.7 Å². The lowest BCUT2D eigenvalue weighted by atomic mass is 9.74. The number of ether oxygens (including phenoxy) is 1. The predicted molar refractivity (Wildman–Crippen MR) is 72.5 cm³/mol. The molecule has 0 radical (unpaired) electrons. The third-order valence-electron chi connectivity index (χ3n) is 4.26. The van der Waals surface area contributed by atoms with Crippen molar-refractivity contribution in [3.8, 4) is 0 Å². The van der Waals surface area contributed by atoms with Crippen LogP contribution in [-0.4, -0.2) is 18.8 Å². The normalized spacial score (nSPS) is 31.1. The zero-order chi connectivity index (χ0) is 12.7. The topological polar surface area (TPSA) is 47.3 Å². The van der Waals surface area contributed by atoms with Crippen LogP contribution in [0.3, 0.4) is 0 Å². The summed E-state index contributed by atoms with van der Waals surface area (Å²) in [5.41, 5.74) is 2.92. The molecule has 0 saturated heterocycles. The highest BCUT2D eigenvalue weighted by Crippen LogP contribution is 2.38. The Morgan fingerprint density at radius 3 is 2.65 bits per heavy atom. The van der Waals surface area contributed by atoms with Gasteiger partial charge in [-0.25, -0.2) is 0 Å². The van der Waals surface area contributed by atoms with E-state index >= 15 is 0 Å². The highest BCUT2D eigenvalue weighted by atomic mass is 16.5. The molecule has 0 heterocycles. The average Bonchev–Trinajstić information content (AvgIpc) is 2.37. The molecule has 3 nitrogen and oxygen atoms in total. The second kappa shape index (κ2) is 7.14. The summed E-state index contributed by atoms with van der Waals surface area (Å²) in [6.07, 6.45) is 9.93. The minimum absolute atomic E-state index is 0.0531. The lowest BCUT2D eigenvalue weighted by Crippen LogP contribution is -2.56. The van der Waals surface area contributed by atoms with Crippen LogP contribution < -0.4 is 11.3 Å². The van der Waals surface area contributed by atoms with Gasteiger partial charge in [0.05, 0.1) is 11.6 Å². The van der Waals surface area contributed by atoms with Crippen molar-refractivity contribution < 1.29 is 4.74 Å². The first-order chi connectivity index (χ1) is 8.18. The van der Waals surface area contributed by atoms with Crippen LogP contribution in [0.2, 0.25) is 0 Å². The highest BCUT2D eigenvalue weighted by molar-refractivity contribution is 4.95. The van der Waals surface area contributed by atoms with Crippen molar-refractivity contribution >= 4 is 0 Å². The molecular weight excluding hydrogens is 212 g/mol. The van der Waals surface area contributed by atoms with Crippen molar-refractivity contribution in [2.75, 3.05) is 7.11 Å². The van der Waals surface area contributed by atoms with Gasteiger partial charge in [-0.15, -0.1) is 6.58 Å². The van der Waals surface area contributed by atoms with Gasteiger partial charge in [-0.1, -0.05) is 13.0 Å². The van der Waals surface area contributed by atoms with Crippen molar-refractivity contribution in [1.82, 2.24) is 5.43 Å². The molecule has 0 aliphatic heterocycles. The zero-order valence-corrected chi connectivity index (χ0v) is 11.4. The third-order valence-corrected chi connectivity index (χ3v) is 4.26. The highest BCUT2D eigenvalue weighted by Gasteiger charge is 2.40. The van der Waals surface area contributed by atoms with E-state index in [4.69, 9.17) is 10.6 Å². The maximum absolute atomic E-state index is 5.84. The maximum atomic E-state index is 5.84. The summed E-state index contributed by atoms with van der Waals surface area (Å²) in [4.78, 5) is 0. The second-order valence-corrected chi connectivity index (χ2v) is 5.39. The largest absolute Gasteiger partial charge is 0.377 e. The Hall–Kier alpha value is -0.380. The number of unbranched alkanes of at least 4 members (excludes halogenated alkanes) is 1. The van der Waals surface area contributed by atoms with E-state index in [1.165, 1.54) is 12.8 Å². The molecular formula is C14H28N2O. The molecule has 1 atom stereocenters. The molecule has 0 aromatic rings. The van der Waals surface area contributed by atoms with Gasteiger partial charge in [0.25, 0.3) is 0 Å². The predicted octanol–water partition coefficient (Wildman–Crippen LogP) is 2.77. The van der Waals surface area contributed by atoms with E-state index in [2.05, 4.69) is 18.9 Å². The van der Waals surface area contributed by atoms with Crippen molar-refractivity contribution in [2.45, 2.75) is 63.5 Å². The molecule has 0 bridgehead atoms. The molecule has 0 spiro atoms. The van der Waals surface area contributed by atoms with Gasteiger partial charge in [0.15, 0.2) is 0 Å². The fourth-order valence-electron chi connectivity index (χ4n) is 2.91. The van der Waals surface area contributed by atoms with E-state index in [1.54, 1.807) is 0 Å². The fraction of sp³-hybridized carbons (Fsp3) is 0.857. The second-order valence-electron chi connectivity index (χ2n) is 5.39. The van der Waals surface area contributed by atoms with Crippen LogP contribution in [0.5, 0.6) is 0 Å². The first-order valence-electron chi connectivity index (χ1n) is 6.80. The first-order valence-corrected chi connectivity index (χ1v) is 6.80. The van der Waals surface area contributed by atoms with Crippen LogP contribution in [0, 0.1) is 5.92 Å². The van der Waals surface area contributed by atoms with Gasteiger partial charge < -0.3 is 4.74 Å². The van der Waals surface area contributed by atoms with Crippen LogP contribution in [0.4, 0.5) is 0 Å². The van der Waals surface area contributed by atoms with E-state index in [9.17, 15) is 0 Å². The van der Waals surface area contributed by atoms with E-state index in [-0.39, 0.29) is 11.6 Å². The molecule has 1 aliphatic rings. The molecule has 3 heteroatoms. The molecule has 0 aromatic carbocycles. The minimum Gasteiger partial charge on any atom is -0.377 e. The molecule has 1 rings (SSSR count). The summed E-state index contributed by atoms with van der Waals surface area (Å²) in [6, 6.07) is 0.264. The van der Waals surface area contributed by atoms with Gasteiger partial charge in [0.1, 0.15) is 0 Å². The number of hydrazine groups is 1. The number of rotatable bonds is 7. The molecule has 1 unspecified atom stereocenters. The smallest absolute Gasteiger partial charge is 0.0844 e. The summed E-state index contributed by atoms with van der Waals surface area (Å²) in [5.74, 6) is 6.55. The monoisotopic (exact) mass is 240 g/mol. The number of hydrogen-bond donors (Lipinski definition) is 2. The van der Waals surface area contributed by atoms with Crippen molar-refractivity contribution in [2.24, 2.45) is 11.8 Å². The molecule has 17 heavy (non-hydrogen) atoms. The van der Waals surface area contributed by atoms with Crippen molar-refractivity contribution in [3.63, 3.8) is 0 Å². The number of nitrogens with one attached hydrogen (secondary N) is 1. The number of allylic oxidation sites excluding steroid dienone is 1. The Morgan fingerprint density at radius 1 is 1.53 bits per heavy atom. The Labute approximate surface area is 106 Å². The summed E-state index contributed by atoms with van der Waals surface area (Å²) < 4.78 is 5.84. The van der Waals surface area contributed by atoms with Crippen LogP contribution in [-0.2, 0) is 4.74 Å². The fourth-order valence-corrected chi connectivity index (χ4v) is 2.91. The van der Waals surface area contributed by atoms with Crippen LogP contribution >= 0.6 is 0 Å². The van der Waals surface area contributed by atoms with E-state index < -0.39 is 0 Å². The van der Waals surface area contributed by atoms with E-state index in [1.807, 2.05) is 13.2 Å². The van der Waals surface area contributed by atoms with E-state index in [0.29, 0.717) is 0 Å². The molecule has 1 saturated carbocycles. The van der Waals surface area contributed by atoms with Crippen LogP contribution in [0.25, 0.3) is 0 Å². The molecule has 0 amide bonds. The van der Waals surface area contributed by atoms with Crippen molar-refractivity contribution in [3.05, 3.63) is 12.7 Å². The molecule has 0 aromatic heterocycles. The van der Waals surface area contributed by atoms with Crippen molar-refractivity contribution in [1.29, 1.82) is 0 Å². The Kier molecular flexibility index (Phi) is 6.17. The molecule has 3 N–H and O–H groups in total. The van der Waals surface area contributed by atoms with Crippen LogP contribution in [0.1, 0.15) is 51.9 Å². The minimum atomic E-state index is -0.0531. The Bertz CT molecular complexity index is 222. The summed E-state index contributed by atoms with van der Waals surface area (Å²) >= 11 is 0. The SMILES string of the molecule is C=CCCCC(NN)C1(OC)CCC(C)CC1. The molecule has 1 aliphatic carbocycles. The lowest BCUT2D eigenvalue weighted by Gasteiger charge is -2.43. The van der Waals surface area contributed by atoms with Gasteiger partial charge in [-0.3, -0.25) is 11.3 Å². The lowest BCUT2D eigenvalue weighted by molar-refractivity contribution is -0.0768. The molecule has 1 fully saturated rings. The summed E-state index contributed by atoms with van der Waals surface area (Å²) in [6.45, 7) is 6.08. The van der Waals surface area contributed by atoms with Gasteiger partial charge >= 0.3 is 0 Å². The van der Waals surface area contributed by atoms with Gasteiger partial charge in [-0.05, 0) is 50.9 Å². The first kappa shape index (κ1) is 14.7. The standard InChI is InChI=1S/C14H28N2O/c1-4-5-6-7-13(16-15)14(17-3)10-8-12(2)9-11-14/h4,12-13,16H,1,5-11,15H2,2-3H3. The number of hydrogen-bond acceptors (Lipinski definition) is 3. The average molecular weight is 240 g/mol. The zero-order valence-electron chi connectivity index (χ0n) is 11.4. The third kappa shape index (κ3) is 3.80. The maximum Gasteiger partial charge on any atom is 0.0844 e. The summed E-state index contributed by atoms with van der Waals surface area (Å²) in [7, 11) is 1.83. The van der Waals surface area contributed by atoms with Gasteiger partial charge in [-0.2, -0.15) is 0 Å². The number of methoxy groups -OCH3 is 1. The van der Waals surface area contributed by atoms with E-state index in [0.717, 1.165) is 38.0 Å².